The van der Waals surface area contributed by atoms with Gasteiger partial charge in [0.1, 0.15) is 18.3 Å². The second-order valence-electron chi connectivity index (χ2n) is 3.94. The molecule has 0 unspecified atom stereocenters. The summed E-state index contributed by atoms with van der Waals surface area (Å²) in [6, 6.07) is 9.67. The Morgan fingerprint density at radius 3 is 2.71 bits per heavy atom. The van der Waals surface area contributed by atoms with E-state index in [9.17, 15) is 5.11 Å². The van der Waals surface area contributed by atoms with E-state index >= 15 is 0 Å². The van der Waals surface area contributed by atoms with Crippen LogP contribution >= 0.6 is 0 Å². The lowest BCUT2D eigenvalue weighted by Gasteiger charge is -2.31. The first-order valence-corrected chi connectivity index (χ1v) is 5.58. The molecule has 0 saturated carbocycles. The molecule has 1 aromatic rings. The summed E-state index contributed by atoms with van der Waals surface area (Å²) in [5.41, 5.74) is 1.02. The first kappa shape index (κ1) is 12.1. The molecule has 1 aromatic carbocycles. The van der Waals surface area contributed by atoms with E-state index in [4.69, 9.17) is 14.6 Å². The molecule has 0 amide bonds. The van der Waals surface area contributed by atoms with Crippen molar-refractivity contribution in [2.75, 3.05) is 6.61 Å². The summed E-state index contributed by atoms with van der Waals surface area (Å²) in [4.78, 5) is 0. The van der Waals surface area contributed by atoms with Gasteiger partial charge in [-0.1, -0.05) is 30.3 Å². The lowest BCUT2D eigenvalue weighted by molar-refractivity contribution is -0.120. The van der Waals surface area contributed by atoms with Crippen LogP contribution in [-0.4, -0.2) is 35.1 Å². The lowest BCUT2D eigenvalue weighted by atomic mass is 10.1. The van der Waals surface area contributed by atoms with Crippen LogP contribution in [0, 0.1) is 0 Å². The number of hydrogen-bond acceptors (Lipinski definition) is 4. The van der Waals surface area contributed by atoms with Gasteiger partial charge in [-0.3, -0.25) is 0 Å². The van der Waals surface area contributed by atoms with Gasteiger partial charge in [0.2, 0.25) is 0 Å². The van der Waals surface area contributed by atoms with Crippen LogP contribution in [-0.2, 0) is 16.1 Å². The normalized spacial score (nSPS) is 27.8. The van der Waals surface area contributed by atoms with Crippen molar-refractivity contribution >= 4 is 0 Å². The Labute approximate surface area is 100 Å². The van der Waals surface area contributed by atoms with Gasteiger partial charge in [0.25, 0.3) is 0 Å². The third-order valence-electron chi connectivity index (χ3n) is 2.70. The number of benzene rings is 1. The standard InChI is InChI=1S/C13H16O4/c14-8-12-13(11(15)6-7-16-12)17-9-10-4-2-1-3-5-10/h1-7,11-15H,8-9H2/t11-,12-,13+/m1/s1. The Morgan fingerprint density at radius 2 is 2.00 bits per heavy atom. The monoisotopic (exact) mass is 236 g/mol. The minimum absolute atomic E-state index is 0.180. The van der Waals surface area contributed by atoms with E-state index in [1.807, 2.05) is 30.3 Å². The van der Waals surface area contributed by atoms with Crippen molar-refractivity contribution in [3.05, 3.63) is 48.2 Å². The van der Waals surface area contributed by atoms with Gasteiger partial charge >= 0.3 is 0 Å². The zero-order chi connectivity index (χ0) is 12.1. The number of ether oxygens (including phenoxy) is 2. The third kappa shape index (κ3) is 3.06. The molecule has 1 heterocycles. The van der Waals surface area contributed by atoms with Crippen molar-refractivity contribution in [1.29, 1.82) is 0 Å². The number of aliphatic hydroxyl groups excluding tert-OH is 2. The Hall–Kier alpha value is -1.36. The Kier molecular flexibility index (Phi) is 4.14. The first-order chi connectivity index (χ1) is 8.31. The highest BCUT2D eigenvalue weighted by Crippen LogP contribution is 2.17. The molecule has 3 atom stereocenters. The molecule has 1 aliphatic rings. The first-order valence-electron chi connectivity index (χ1n) is 5.58. The van der Waals surface area contributed by atoms with E-state index in [1.54, 1.807) is 0 Å². The molecule has 92 valence electrons. The van der Waals surface area contributed by atoms with Crippen molar-refractivity contribution in [2.45, 2.75) is 24.9 Å². The predicted octanol–water partition coefficient (Wildman–Crippen LogP) is 0.837. The Bertz CT molecular complexity index is 363. The molecule has 1 aliphatic heterocycles. The fourth-order valence-corrected chi connectivity index (χ4v) is 1.75. The minimum atomic E-state index is -0.746. The molecule has 17 heavy (non-hydrogen) atoms. The average molecular weight is 236 g/mol. The Morgan fingerprint density at radius 1 is 1.24 bits per heavy atom. The Balaban J connectivity index is 1.95. The largest absolute Gasteiger partial charge is 0.493 e. The van der Waals surface area contributed by atoms with Gasteiger partial charge in [0.15, 0.2) is 0 Å². The SMILES string of the molecule is OC[C@H]1OC=C[C@@H](O)[C@@H]1OCc1ccccc1. The predicted molar refractivity (Wildman–Crippen MR) is 62.1 cm³/mol. The van der Waals surface area contributed by atoms with Crippen LogP contribution in [0.2, 0.25) is 0 Å². The van der Waals surface area contributed by atoms with E-state index in [-0.39, 0.29) is 6.61 Å². The summed E-state index contributed by atoms with van der Waals surface area (Å²) in [6.07, 6.45) is 1.11. The van der Waals surface area contributed by atoms with Crippen molar-refractivity contribution in [2.24, 2.45) is 0 Å². The van der Waals surface area contributed by atoms with E-state index in [2.05, 4.69) is 0 Å². The summed E-state index contributed by atoms with van der Waals surface area (Å²) in [7, 11) is 0. The topological polar surface area (TPSA) is 58.9 Å². The molecule has 4 heteroatoms. The lowest BCUT2D eigenvalue weighted by Crippen LogP contribution is -2.44. The summed E-state index contributed by atoms with van der Waals surface area (Å²) in [5, 5.41) is 18.9. The molecular weight excluding hydrogens is 220 g/mol. The molecule has 0 spiro atoms. The summed E-state index contributed by atoms with van der Waals surface area (Å²) in [6.45, 7) is 0.205. The van der Waals surface area contributed by atoms with E-state index in [0.717, 1.165) is 5.56 Å². The molecule has 0 radical (unpaired) electrons. The van der Waals surface area contributed by atoms with Gasteiger partial charge in [0, 0.05) is 0 Å². The van der Waals surface area contributed by atoms with Crippen LogP contribution in [0.5, 0.6) is 0 Å². The van der Waals surface area contributed by atoms with Crippen molar-refractivity contribution < 1.29 is 19.7 Å². The van der Waals surface area contributed by atoms with Crippen molar-refractivity contribution in [3.63, 3.8) is 0 Å². The highest BCUT2D eigenvalue weighted by Gasteiger charge is 2.31. The molecule has 0 saturated heterocycles. The van der Waals surface area contributed by atoms with Crippen LogP contribution in [0.1, 0.15) is 5.56 Å². The van der Waals surface area contributed by atoms with E-state index in [0.29, 0.717) is 6.61 Å². The van der Waals surface area contributed by atoms with Crippen molar-refractivity contribution in [3.8, 4) is 0 Å². The fourth-order valence-electron chi connectivity index (χ4n) is 1.75. The summed E-state index contributed by atoms with van der Waals surface area (Å²) >= 11 is 0. The molecule has 0 bridgehead atoms. The van der Waals surface area contributed by atoms with Crippen LogP contribution in [0.4, 0.5) is 0 Å². The van der Waals surface area contributed by atoms with Gasteiger partial charge in [-0.05, 0) is 11.6 Å². The minimum Gasteiger partial charge on any atom is -0.493 e. The maximum Gasteiger partial charge on any atom is 0.150 e. The molecule has 0 aromatic heterocycles. The van der Waals surface area contributed by atoms with Gasteiger partial charge < -0.3 is 19.7 Å². The fraction of sp³-hybridized carbons (Fsp3) is 0.385. The summed E-state index contributed by atoms with van der Waals surface area (Å²) in [5.74, 6) is 0. The molecule has 4 nitrogen and oxygen atoms in total. The maximum absolute atomic E-state index is 9.75. The van der Waals surface area contributed by atoms with Crippen LogP contribution < -0.4 is 0 Å². The molecular formula is C13H16O4. The molecule has 2 rings (SSSR count). The zero-order valence-electron chi connectivity index (χ0n) is 9.40. The second-order valence-corrected chi connectivity index (χ2v) is 3.94. The van der Waals surface area contributed by atoms with E-state index < -0.39 is 18.3 Å². The number of hydrogen-bond donors (Lipinski definition) is 2. The molecule has 0 aliphatic carbocycles. The third-order valence-corrected chi connectivity index (χ3v) is 2.70. The maximum atomic E-state index is 9.75. The highest BCUT2D eigenvalue weighted by molar-refractivity contribution is 5.13. The zero-order valence-corrected chi connectivity index (χ0v) is 9.40. The summed E-state index contributed by atoms with van der Waals surface area (Å²) < 4.78 is 10.8. The van der Waals surface area contributed by atoms with Gasteiger partial charge in [0.05, 0.1) is 19.5 Å². The molecule has 0 fully saturated rings. The average Bonchev–Trinajstić information content (AvgIpc) is 2.38. The second kappa shape index (κ2) is 5.82. The van der Waals surface area contributed by atoms with Gasteiger partial charge in [-0.25, -0.2) is 0 Å². The van der Waals surface area contributed by atoms with Crippen LogP contribution in [0.15, 0.2) is 42.7 Å². The smallest absolute Gasteiger partial charge is 0.150 e. The van der Waals surface area contributed by atoms with Crippen molar-refractivity contribution in [1.82, 2.24) is 0 Å². The van der Waals surface area contributed by atoms with Crippen LogP contribution in [0.25, 0.3) is 0 Å². The quantitative estimate of drug-likeness (QED) is 0.813. The number of rotatable bonds is 4. The van der Waals surface area contributed by atoms with Crippen LogP contribution in [0.3, 0.4) is 0 Å². The van der Waals surface area contributed by atoms with Gasteiger partial charge in [-0.2, -0.15) is 0 Å². The molecule has 2 N–H and O–H groups in total. The van der Waals surface area contributed by atoms with E-state index in [1.165, 1.54) is 12.3 Å². The number of aliphatic hydroxyl groups is 2. The highest BCUT2D eigenvalue weighted by atomic mass is 16.6. The van der Waals surface area contributed by atoms with Gasteiger partial charge in [-0.15, -0.1) is 0 Å².